The standard InChI is InChI=1S/C16H10N6OS/c1-9-10-4-2-3-5-12(10)23-13(9)14-19-20-16-22(14)21-15(24-16)11-8-17-6-7-18-11/h2-8H,1H3. The predicted molar refractivity (Wildman–Crippen MR) is 89.6 cm³/mol. The molecule has 5 aromatic rings. The Morgan fingerprint density at radius 3 is 2.88 bits per heavy atom. The summed E-state index contributed by atoms with van der Waals surface area (Å²) >= 11 is 1.41. The number of rotatable bonds is 2. The quantitative estimate of drug-likeness (QED) is 0.492. The summed E-state index contributed by atoms with van der Waals surface area (Å²) in [6.45, 7) is 2.01. The maximum atomic E-state index is 5.98. The number of para-hydroxylation sites is 1. The van der Waals surface area contributed by atoms with Crippen LogP contribution in [0.2, 0.25) is 0 Å². The Kier molecular flexibility index (Phi) is 2.74. The van der Waals surface area contributed by atoms with Gasteiger partial charge in [-0.2, -0.15) is 9.61 Å². The van der Waals surface area contributed by atoms with Crippen LogP contribution in [-0.2, 0) is 0 Å². The summed E-state index contributed by atoms with van der Waals surface area (Å²) in [4.78, 5) is 9.04. The fourth-order valence-electron chi connectivity index (χ4n) is 2.66. The molecule has 0 N–H and O–H groups in total. The second-order valence-electron chi connectivity index (χ2n) is 5.27. The highest BCUT2D eigenvalue weighted by Gasteiger charge is 2.20. The summed E-state index contributed by atoms with van der Waals surface area (Å²) in [6, 6.07) is 7.91. The lowest BCUT2D eigenvalue weighted by Crippen LogP contribution is -1.92. The van der Waals surface area contributed by atoms with E-state index in [1.807, 2.05) is 31.2 Å². The van der Waals surface area contributed by atoms with Crippen LogP contribution in [0.4, 0.5) is 0 Å². The SMILES string of the molecule is Cc1c(-c2nnc3sc(-c4cnccn4)nn23)oc2ccccc12. The van der Waals surface area contributed by atoms with Crippen molar-refractivity contribution in [3.8, 4) is 22.3 Å². The van der Waals surface area contributed by atoms with E-state index in [2.05, 4.69) is 25.3 Å². The van der Waals surface area contributed by atoms with Crippen LogP contribution in [0.15, 0.2) is 47.3 Å². The Hall–Kier alpha value is -3.13. The minimum absolute atomic E-state index is 0.588. The summed E-state index contributed by atoms with van der Waals surface area (Å²) in [5.74, 6) is 1.27. The minimum atomic E-state index is 0.588. The Morgan fingerprint density at radius 2 is 2.04 bits per heavy atom. The highest BCUT2D eigenvalue weighted by atomic mass is 32.1. The normalized spacial score (nSPS) is 11.5. The van der Waals surface area contributed by atoms with E-state index in [4.69, 9.17) is 4.42 Å². The van der Waals surface area contributed by atoms with Gasteiger partial charge in [0, 0.05) is 23.3 Å². The van der Waals surface area contributed by atoms with Gasteiger partial charge in [0.15, 0.2) is 10.8 Å². The molecule has 1 aromatic carbocycles. The average Bonchev–Trinajstić information content (AvgIpc) is 3.29. The van der Waals surface area contributed by atoms with Gasteiger partial charge in [-0.05, 0) is 13.0 Å². The fraction of sp³-hybridized carbons (Fsp3) is 0.0625. The monoisotopic (exact) mass is 334 g/mol. The topological polar surface area (TPSA) is 82.0 Å². The maximum absolute atomic E-state index is 5.98. The van der Waals surface area contributed by atoms with Gasteiger partial charge in [0.05, 0.1) is 6.20 Å². The van der Waals surface area contributed by atoms with Crippen LogP contribution in [-0.4, -0.2) is 29.8 Å². The Morgan fingerprint density at radius 1 is 1.12 bits per heavy atom. The Balaban J connectivity index is 1.72. The smallest absolute Gasteiger partial charge is 0.235 e. The van der Waals surface area contributed by atoms with Crippen LogP contribution in [0.1, 0.15) is 5.56 Å². The molecule has 0 atom stereocenters. The van der Waals surface area contributed by atoms with Crippen LogP contribution in [0, 0.1) is 6.92 Å². The predicted octanol–water partition coefficient (Wildman–Crippen LogP) is 3.36. The molecule has 0 amide bonds. The summed E-state index contributed by atoms with van der Waals surface area (Å²) in [5.41, 5.74) is 2.56. The average molecular weight is 334 g/mol. The molecule has 8 heteroatoms. The second kappa shape index (κ2) is 4.93. The molecule has 0 aliphatic heterocycles. The van der Waals surface area contributed by atoms with Crippen LogP contribution >= 0.6 is 11.3 Å². The Labute approximate surface area is 139 Å². The number of aryl methyl sites for hydroxylation is 1. The van der Waals surface area contributed by atoms with Crippen molar-refractivity contribution in [3.63, 3.8) is 0 Å². The lowest BCUT2D eigenvalue weighted by Gasteiger charge is -1.94. The number of benzene rings is 1. The van der Waals surface area contributed by atoms with Gasteiger partial charge in [0.2, 0.25) is 10.8 Å². The van der Waals surface area contributed by atoms with E-state index in [0.717, 1.165) is 21.5 Å². The van der Waals surface area contributed by atoms with Crippen molar-refractivity contribution < 1.29 is 4.42 Å². The van der Waals surface area contributed by atoms with Crippen molar-refractivity contribution in [2.24, 2.45) is 0 Å². The summed E-state index contributed by atoms with van der Waals surface area (Å²) in [5, 5.41) is 14.8. The van der Waals surface area contributed by atoms with E-state index < -0.39 is 0 Å². The molecule has 0 spiro atoms. The summed E-state index contributed by atoms with van der Waals surface area (Å²) in [7, 11) is 0. The molecular formula is C16H10N6OS. The largest absolute Gasteiger partial charge is 0.452 e. The highest BCUT2D eigenvalue weighted by Crippen LogP contribution is 2.33. The number of furan rings is 1. The number of fused-ring (bicyclic) bond motifs is 2. The second-order valence-corrected chi connectivity index (χ2v) is 6.22. The van der Waals surface area contributed by atoms with Crippen LogP contribution < -0.4 is 0 Å². The van der Waals surface area contributed by atoms with E-state index in [1.54, 1.807) is 23.1 Å². The van der Waals surface area contributed by atoms with Crippen LogP contribution in [0.5, 0.6) is 0 Å². The molecule has 0 bridgehead atoms. The van der Waals surface area contributed by atoms with Crippen molar-refractivity contribution in [1.29, 1.82) is 0 Å². The first-order chi connectivity index (χ1) is 11.8. The Bertz CT molecular complexity index is 1170. The van der Waals surface area contributed by atoms with Gasteiger partial charge >= 0.3 is 0 Å². The molecule has 4 heterocycles. The molecule has 24 heavy (non-hydrogen) atoms. The molecule has 5 rings (SSSR count). The molecule has 116 valence electrons. The highest BCUT2D eigenvalue weighted by molar-refractivity contribution is 7.19. The third kappa shape index (κ3) is 1.86. The third-order valence-electron chi connectivity index (χ3n) is 3.82. The van der Waals surface area contributed by atoms with Crippen LogP contribution in [0.3, 0.4) is 0 Å². The summed E-state index contributed by atoms with van der Waals surface area (Å²) < 4.78 is 7.67. The first-order valence-corrected chi connectivity index (χ1v) is 8.10. The molecule has 7 nitrogen and oxygen atoms in total. The van der Waals surface area contributed by atoms with Gasteiger partial charge in [0.1, 0.15) is 11.3 Å². The van der Waals surface area contributed by atoms with Crippen molar-refractivity contribution >= 4 is 27.3 Å². The lowest BCUT2D eigenvalue weighted by molar-refractivity contribution is 0.619. The zero-order valence-corrected chi connectivity index (χ0v) is 13.4. The van der Waals surface area contributed by atoms with Gasteiger partial charge in [-0.3, -0.25) is 9.97 Å². The van der Waals surface area contributed by atoms with Gasteiger partial charge in [-0.25, -0.2) is 0 Å². The zero-order valence-electron chi connectivity index (χ0n) is 12.5. The van der Waals surface area contributed by atoms with Gasteiger partial charge in [-0.15, -0.1) is 10.2 Å². The molecule has 0 fully saturated rings. The fourth-order valence-corrected chi connectivity index (χ4v) is 3.46. The van der Waals surface area contributed by atoms with Crippen molar-refractivity contribution in [2.75, 3.05) is 0 Å². The first kappa shape index (κ1) is 13.3. The molecule has 0 aliphatic carbocycles. The van der Waals surface area contributed by atoms with Gasteiger partial charge in [-0.1, -0.05) is 29.5 Å². The van der Waals surface area contributed by atoms with Crippen molar-refractivity contribution in [2.45, 2.75) is 6.92 Å². The molecule has 4 aromatic heterocycles. The first-order valence-electron chi connectivity index (χ1n) is 7.28. The molecule has 0 radical (unpaired) electrons. The van der Waals surface area contributed by atoms with Gasteiger partial charge in [0.25, 0.3) is 0 Å². The maximum Gasteiger partial charge on any atom is 0.235 e. The van der Waals surface area contributed by atoms with E-state index in [0.29, 0.717) is 22.2 Å². The molecule has 0 aliphatic rings. The van der Waals surface area contributed by atoms with E-state index in [9.17, 15) is 0 Å². The molecule has 0 unspecified atom stereocenters. The zero-order chi connectivity index (χ0) is 16.1. The summed E-state index contributed by atoms with van der Waals surface area (Å²) in [6.07, 6.45) is 4.95. The lowest BCUT2D eigenvalue weighted by atomic mass is 10.1. The van der Waals surface area contributed by atoms with E-state index >= 15 is 0 Å². The molecule has 0 saturated carbocycles. The van der Waals surface area contributed by atoms with Crippen molar-refractivity contribution in [1.82, 2.24) is 29.8 Å². The molecular weight excluding hydrogens is 324 g/mol. The van der Waals surface area contributed by atoms with E-state index in [1.165, 1.54) is 11.3 Å². The third-order valence-corrected chi connectivity index (χ3v) is 4.74. The number of nitrogens with zero attached hydrogens (tertiary/aromatic N) is 6. The minimum Gasteiger partial charge on any atom is -0.452 e. The number of hydrogen-bond acceptors (Lipinski definition) is 7. The molecule has 0 saturated heterocycles. The van der Waals surface area contributed by atoms with Crippen molar-refractivity contribution in [3.05, 3.63) is 48.4 Å². The van der Waals surface area contributed by atoms with E-state index in [-0.39, 0.29) is 0 Å². The van der Waals surface area contributed by atoms with Crippen LogP contribution in [0.25, 0.3) is 38.2 Å². The number of aromatic nitrogens is 6. The number of hydrogen-bond donors (Lipinski definition) is 0. The van der Waals surface area contributed by atoms with Gasteiger partial charge < -0.3 is 4.42 Å².